The monoisotopic (exact) mass is 278 g/mol. The molecule has 100 valence electrons. The van der Waals surface area contributed by atoms with Crippen LogP contribution >= 0.6 is 11.3 Å². The lowest BCUT2D eigenvalue weighted by molar-refractivity contribution is -0.136. The van der Waals surface area contributed by atoms with Gasteiger partial charge in [-0.05, 0) is 5.56 Å². The van der Waals surface area contributed by atoms with Crippen molar-refractivity contribution in [3.8, 4) is 5.88 Å². The maximum absolute atomic E-state index is 10.5. The fourth-order valence-corrected chi connectivity index (χ4v) is 2.45. The minimum atomic E-state index is -0.797. The third-order valence-electron chi connectivity index (χ3n) is 2.56. The van der Waals surface area contributed by atoms with E-state index in [1.807, 2.05) is 17.5 Å². The largest absolute Gasteiger partial charge is 0.481 e. The number of hydrogen-bond donors (Lipinski definition) is 1. The predicted molar refractivity (Wildman–Crippen MR) is 71.7 cm³/mol. The van der Waals surface area contributed by atoms with Crippen LogP contribution in [0, 0.1) is 0 Å². The third kappa shape index (κ3) is 4.03. The molecule has 0 amide bonds. The number of aryl methyl sites for hydroxylation is 1. The van der Waals surface area contributed by atoms with Crippen LogP contribution in [0.1, 0.15) is 22.7 Å². The van der Waals surface area contributed by atoms with Crippen molar-refractivity contribution in [2.45, 2.75) is 19.3 Å². The van der Waals surface area contributed by atoms with Gasteiger partial charge in [-0.1, -0.05) is 6.07 Å². The lowest BCUT2D eigenvalue weighted by Crippen LogP contribution is -1.98. The van der Waals surface area contributed by atoms with Crippen molar-refractivity contribution in [2.75, 3.05) is 7.11 Å². The molecule has 0 atom stereocenters. The zero-order chi connectivity index (χ0) is 13.7. The molecular formula is C13H14N2O3S. The first-order valence-corrected chi connectivity index (χ1v) is 6.69. The Hall–Kier alpha value is -1.95. The summed E-state index contributed by atoms with van der Waals surface area (Å²) >= 11 is 1.54. The van der Waals surface area contributed by atoms with Crippen LogP contribution in [0.25, 0.3) is 0 Å². The molecule has 0 spiro atoms. The number of methoxy groups -OCH3 is 1. The lowest BCUT2D eigenvalue weighted by atomic mass is 10.2. The number of carbonyl (C=O) groups is 1. The number of pyridine rings is 1. The second-order valence-corrected chi connectivity index (χ2v) is 4.95. The molecule has 2 aromatic rings. The minimum Gasteiger partial charge on any atom is -0.481 e. The van der Waals surface area contributed by atoms with Crippen molar-refractivity contribution in [3.05, 3.63) is 40.0 Å². The van der Waals surface area contributed by atoms with Crippen molar-refractivity contribution >= 4 is 17.3 Å². The molecule has 0 saturated carbocycles. The van der Waals surface area contributed by atoms with Crippen molar-refractivity contribution in [3.63, 3.8) is 0 Å². The van der Waals surface area contributed by atoms with Crippen molar-refractivity contribution < 1.29 is 14.6 Å². The molecule has 2 rings (SSSR count). The summed E-state index contributed by atoms with van der Waals surface area (Å²) in [4.78, 5) is 19.0. The topological polar surface area (TPSA) is 72.3 Å². The standard InChI is InChI=1S/C13H14N2O3S/c1-18-11-4-2-9(7-14-11)6-12-15-10(8-19-12)3-5-13(16)17/h2,4,7-8H,3,5-6H2,1H3,(H,16,17). The van der Waals surface area contributed by atoms with Crippen LogP contribution in [0.3, 0.4) is 0 Å². The van der Waals surface area contributed by atoms with Gasteiger partial charge in [0.1, 0.15) is 0 Å². The molecule has 6 heteroatoms. The van der Waals surface area contributed by atoms with E-state index in [0.717, 1.165) is 16.3 Å². The molecule has 0 unspecified atom stereocenters. The third-order valence-corrected chi connectivity index (χ3v) is 3.45. The lowest BCUT2D eigenvalue weighted by Gasteiger charge is -2.00. The molecule has 0 radical (unpaired) electrons. The number of nitrogens with zero attached hydrogens (tertiary/aromatic N) is 2. The molecule has 0 aliphatic heterocycles. The first-order valence-electron chi connectivity index (χ1n) is 5.81. The molecule has 0 aromatic carbocycles. The van der Waals surface area contributed by atoms with Crippen LogP contribution in [0.2, 0.25) is 0 Å². The van der Waals surface area contributed by atoms with Gasteiger partial charge in [0.15, 0.2) is 0 Å². The van der Waals surface area contributed by atoms with E-state index in [-0.39, 0.29) is 6.42 Å². The van der Waals surface area contributed by atoms with E-state index in [2.05, 4.69) is 9.97 Å². The van der Waals surface area contributed by atoms with E-state index in [0.29, 0.717) is 18.7 Å². The summed E-state index contributed by atoms with van der Waals surface area (Å²) in [7, 11) is 1.58. The number of ether oxygens (including phenoxy) is 1. The van der Waals surface area contributed by atoms with Crippen molar-refractivity contribution in [1.82, 2.24) is 9.97 Å². The highest BCUT2D eigenvalue weighted by Crippen LogP contribution is 2.16. The molecule has 0 bridgehead atoms. The maximum Gasteiger partial charge on any atom is 0.303 e. The van der Waals surface area contributed by atoms with Gasteiger partial charge in [-0.25, -0.2) is 9.97 Å². The molecule has 0 aliphatic rings. The Labute approximate surface area is 114 Å². The Morgan fingerprint density at radius 1 is 1.47 bits per heavy atom. The van der Waals surface area contributed by atoms with Crippen molar-refractivity contribution in [1.29, 1.82) is 0 Å². The van der Waals surface area contributed by atoms with Crippen LogP contribution in [-0.2, 0) is 17.6 Å². The number of aliphatic carboxylic acids is 1. The summed E-state index contributed by atoms with van der Waals surface area (Å²) in [6, 6.07) is 3.76. The van der Waals surface area contributed by atoms with E-state index < -0.39 is 5.97 Å². The van der Waals surface area contributed by atoms with Crippen LogP contribution in [-0.4, -0.2) is 28.2 Å². The predicted octanol–water partition coefficient (Wildman–Crippen LogP) is 2.15. The van der Waals surface area contributed by atoms with Crippen LogP contribution in [0.5, 0.6) is 5.88 Å². The second-order valence-electron chi connectivity index (χ2n) is 4.01. The van der Waals surface area contributed by atoms with Gasteiger partial charge in [-0.15, -0.1) is 11.3 Å². The van der Waals surface area contributed by atoms with E-state index in [4.69, 9.17) is 9.84 Å². The van der Waals surface area contributed by atoms with Gasteiger partial charge in [0.25, 0.3) is 0 Å². The van der Waals surface area contributed by atoms with E-state index in [1.165, 1.54) is 0 Å². The zero-order valence-corrected chi connectivity index (χ0v) is 11.3. The average molecular weight is 278 g/mol. The molecule has 1 N–H and O–H groups in total. The summed E-state index contributed by atoms with van der Waals surface area (Å²) in [5.41, 5.74) is 1.89. The Balaban J connectivity index is 1.96. The molecule has 0 fully saturated rings. The van der Waals surface area contributed by atoms with Gasteiger partial charge in [0, 0.05) is 30.5 Å². The Morgan fingerprint density at radius 2 is 2.32 bits per heavy atom. The van der Waals surface area contributed by atoms with Crippen molar-refractivity contribution in [2.24, 2.45) is 0 Å². The molecule has 2 aromatic heterocycles. The zero-order valence-electron chi connectivity index (χ0n) is 10.5. The van der Waals surface area contributed by atoms with Crippen LogP contribution < -0.4 is 4.74 Å². The van der Waals surface area contributed by atoms with Gasteiger partial charge in [-0.3, -0.25) is 4.79 Å². The summed E-state index contributed by atoms with van der Waals surface area (Å²) in [6.07, 6.45) is 3.06. The molecule has 0 saturated heterocycles. The molecule has 19 heavy (non-hydrogen) atoms. The molecular weight excluding hydrogens is 264 g/mol. The molecule has 2 heterocycles. The first-order chi connectivity index (χ1) is 9.17. The fourth-order valence-electron chi connectivity index (χ4n) is 1.59. The summed E-state index contributed by atoms with van der Waals surface area (Å²) in [5.74, 6) is -0.209. The Morgan fingerprint density at radius 3 is 2.95 bits per heavy atom. The minimum absolute atomic E-state index is 0.118. The van der Waals surface area contributed by atoms with Gasteiger partial charge < -0.3 is 9.84 Å². The number of rotatable bonds is 6. The number of hydrogen-bond acceptors (Lipinski definition) is 5. The second kappa shape index (κ2) is 6.29. The highest BCUT2D eigenvalue weighted by molar-refractivity contribution is 7.09. The smallest absolute Gasteiger partial charge is 0.303 e. The number of carboxylic acid groups (broad SMARTS) is 1. The van der Waals surface area contributed by atoms with Crippen LogP contribution in [0.4, 0.5) is 0 Å². The maximum atomic E-state index is 10.5. The number of thiazole rings is 1. The first kappa shape index (κ1) is 13.5. The Kier molecular flexibility index (Phi) is 4.46. The van der Waals surface area contributed by atoms with Crippen LogP contribution in [0.15, 0.2) is 23.7 Å². The number of carboxylic acids is 1. The SMILES string of the molecule is COc1ccc(Cc2nc(CCC(=O)O)cs2)cn1. The Bertz CT molecular complexity index is 551. The normalized spacial score (nSPS) is 10.4. The summed E-state index contributed by atoms with van der Waals surface area (Å²) in [5, 5.41) is 11.5. The highest BCUT2D eigenvalue weighted by Gasteiger charge is 2.06. The number of aromatic nitrogens is 2. The highest BCUT2D eigenvalue weighted by atomic mass is 32.1. The van der Waals surface area contributed by atoms with Gasteiger partial charge in [0.05, 0.1) is 24.2 Å². The van der Waals surface area contributed by atoms with Gasteiger partial charge in [0.2, 0.25) is 5.88 Å². The summed E-state index contributed by atoms with van der Waals surface area (Å²) < 4.78 is 5.00. The fraction of sp³-hybridized carbons (Fsp3) is 0.308. The van der Waals surface area contributed by atoms with Gasteiger partial charge in [-0.2, -0.15) is 0 Å². The quantitative estimate of drug-likeness (QED) is 0.876. The van der Waals surface area contributed by atoms with E-state index in [9.17, 15) is 4.79 Å². The summed E-state index contributed by atoms with van der Waals surface area (Å²) in [6.45, 7) is 0. The average Bonchev–Trinajstić information content (AvgIpc) is 2.85. The molecule has 5 nitrogen and oxygen atoms in total. The van der Waals surface area contributed by atoms with E-state index >= 15 is 0 Å². The molecule has 0 aliphatic carbocycles. The van der Waals surface area contributed by atoms with Gasteiger partial charge >= 0.3 is 5.97 Å². The van der Waals surface area contributed by atoms with E-state index in [1.54, 1.807) is 24.6 Å².